The number of halogens is 1. The zero-order valence-electron chi connectivity index (χ0n) is 47.4. The zero-order valence-corrected chi connectivity index (χ0v) is 49.0. The van der Waals surface area contributed by atoms with Crippen molar-refractivity contribution in [2.75, 3.05) is 118 Å². The van der Waals surface area contributed by atoms with Crippen LogP contribution in [0.25, 0.3) is 16.0 Å². The number of carbonyl (C=O) groups is 4. The standard InChI is InChI=1S/C57H73ClN14O8S/c1-35-36(2)44(18-15-41(35)31-48(75)68(6)7)64-56(76)52-50-53(59)61-34-62-55(50)72(67-52)43-11-9-21-70(33-43)47(74)12-10-20-69(8)22-24-78-26-28-80-30-29-79-27-25-77-23-19-60-46(73)32-45-54-66-65-39(5)71(54)57-49(37(3)38(4)81-57)51(63-45)40-13-16-42(58)17-14-40/h10,12-18,34,43,45H,9,11,19-33H2,1-8H3,(H,60,73)(H,64,76)(H2,59,61,62)/b12-10+/t43-,45+/m1/s1. The van der Waals surface area contributed by atoms with Gasteiger partial charge >= 0.3 is 0 Å². The van der Waals surface area contributed by atoms with Gasteiger partial charge in [0.2, 0.25) is 17.7 Å². The Labute approximate surface area is 481 Å². The van der Waals surface area contributed by atoms with Crippen LogP contribution in [0.5, 0.6) is 0 Å². The maximum Gasteiger partial charge on any atom is 0.277 e. The molecule has 22 nitrogen and oxygen atoms in total. The SMILES string of the molecule is Cc1sc2c(c1C)C(c1ccc(Cl)cc1)=N[C@@H](CC(=O)NCCOCCOCCOCCOCCN(C)C/C=C/C(=O)N1CCC[C@@H](n3nc(C(=O)Nc4ccc(CC(=O)N(C)C)c(C)c4C)c4c(N)ncnc43)C1)c1nnc(C)n1-2. The molecule has 0 unspecified atom stereocenters. The summed E-state index contributed by atoms with van der Waals surface area (Å²) in [6, 6.07) is 10.4. The Morgan fingerprint density at radius 1 is 0.864 bits per heavy atom. The molecule has 2 aliphatic rings. The average molecular weight is 1150 g/mol. The molecular weight excluding hydrogens is 1080 g/mol. The maximum atomic E-state index is 13.9. The number of piperidine rings is 1. The van der Waals surface area contributed by atoms with Crippen molar-refractivity contribution >= 4 is 74.8 Å². The first-order valence-corrected chi connectivity index (χ1v) is 28.4. The molecule has 4 aromatic heterocycles. The smallest absolute Gasteiger partial charge is 0.277 e. The molecule has 6 aromatic rings. The molecule has 2 aliphatic heterocycles. The Morgan fingerprint density at radius 2 is 1.57 bits per heavy atom. The number of nitrogens with zero attached hydrogens (tertiary/aromatic N) is 11. The molecule has 4 N–H and O–H groups in total. The first kappa shape index (κ1) is 60.1. The second-order valence-corrected chi connectivity index (χ2v) is 22.0. The summed E-state index contributed by atoms with van der Waals surface area (Å²) in [4.78, 5) is 73.4. The number of aryl methyl sites for hydroxylation is 2. The first-order chi connectivity index (χ1) is 39.0. The fraction of sp³-hybridized carbons (Fsp3) is 0.474. The fourth-order valence-electron chi connectivity index (χ4n) is 9.62. The third kappa shape index (κ3) is 14.9. The molecule has 1 saturated heterocycles. The average Bonchev–Trinajstić information content (AvgIpc) is 4.06. The molecule has 4 amide bonds. The first-order valence-electron chi connectivity index (χ1n) is 27.2. The number of aliphatic imine (C=N–C) groups is 1. The second kappa shape index (κ2) is 28.1. The molecule has 2 atom stereocenters. The Morgan fingerprint density at radius 3 is 2.28 bits per heavy atom. The normalized spacial score (nSPS) is 15.2. The molecule has 24 heteroatoms. The largest absolute Gasteiger partial charge is 0.383 e. The third-order valence-electron chi connectivity index (χ3n) is 14.5. The lowest BCUT2D eigenvalue weighted by Crippen LogP contribution is -2.40. The minimum atomic E-state index is -0.554. The Kier molecular flexibility index (Phi) is 20.9. The van der Waals surface area contributed by atoms with Crippen LogP contribution in [0.4, 0.5) is 11.5 Å². The highest BCUT2D eigenvalue weighted by molar-refractivity contribution is 7.15. The predicted molar refractivity (Wildman–Crippen MR) is 312 cm³/mol. The van der Waals surface area contributed by atoms with Crippen LogP contribution < -0.4 is 16.4 Å². The molecule has 0 bridgehead atoms. The van der Waals surface area contributed by atoms with E-state index < -0.39 is 11.9 Å². The van der Waals surface area contributed by atoms with Crippen LogP contribution in [-0.2, 0) is 39.8 Å². The summed E-state index contributed by atoms with van der Waals surface area (Å²) in [5.74, 6) is 0.724. The van der Waals surface area contributed by atoms with Crippen molar-refractivity contribution in [1.82, 2.24) is 54.5 Å². The lowest BCUT2D eigenvalue weighted by atomic mass is 9.98. The van der Waals surface area contributed by atoms with Gasteiger partial charge in [0, 0.05) is 79.6 Å². The molecule has 2 aromatic carbocycles. The minimum absolute atomic E-state index is 0.0136. The van der Waals surface area contributed by atoms with E-state index in [0.29, 0.717) is 113 Å². The Bertz CT molecular complexity index is 3260. The number of likely N-dealkylation sites (N-methyl/N-ethyl adjacent to an activating group) is 2. The highest BCUT2D eigenvalue weighted by Crippen LogP contribution is 2.40. The summed E-state index contributed by atoms with van der Waals surface area (Å²) in [6.07, 6.45) is 6.60. The van der Waals surface area contributed by atoms with Gasteiger partial charge in [-0.1, -0.05) is 35.9 Å². The molecule has 8 rings (SSSR count). The number of thiophene rings is 1. The fourth-order valence-corrected chi connectivity index (χ4v) is 11.0. The van der Waals surface area contributed by atoms with Crippen molar-refractivity contribution in [3.8, 4) is 5.00 Å². The lowest BCUT2D eigenvalue weighted by molar-refractivity contribution is -0.128. The van der Waals surface area contributed by atoms with Crippen LogP contribution in [-0.4, -0.2) is 185 Å². The topological polar surface area (TPSA) is 252 Å². The van der Waals surface area contributed by atoms with Crippen LogP contribution in [0.3, 0.4) is 0 Å². The summed E-state index contributed by atoms with van der Waals surface area (Å²) >= 11 is 7.91. The molecule has 0 aliphatic carbocycles. The highest BCUT2D eigenvalue weighted by Gasteiger charge is 2.33. The van der Waals surface area contributed by atoms with E-state index in [9.17, 15) is 19.2 Å². The summed E-state index contributed by atoms with van der Waals surface area (Å²) in [5, 5.41) is 21.5. The molecule has 0 radical (unpaired) electrons. The van der Waals surface area contributed by atoms with Gasteiger partial charge in [0.1, 0.15) is 29.0 Å². The number of carbonyl (C=O) groups excluding carboxylic acids is 4. The number of benzene rings is 2. The highest BCUT2D eigenvalue weighted by atomic mass is 35.5. The number of likely N-dealkylation sites (tertiary alicyclic amines) is 1. The van der Waals surface area contributed by atoms with E-state index in [4.69, 9.17) is 46.4 Å². The molecular formula is C57H73ClN14O8S. The summed E-state index contributed by atoms with van der Waals surface area (Å²) in [5.41, 5.74) is 13.9. The number of ether oxygens (including phenoxy) is 4. The van der Waals surface area contributed by atoms with Gasteiger partial charge < -0.3 is 50.0 Å². The van der Waals surface area contributed by atoms with Crippen LogP contribution in [0.15, 0.2) is 59.9 Å². The van der Waals surface area contributed by atoms with Gasteiger partial charge in [-0.15, -0.1) is 21.5 Å². The number of hydrogen-bond acceptors (Lipinski definition) is 17. The van der Waals surface area contributed by atoms with Crippen LogP contribution in [0.1, 0.15) is 91.7 Å². The van der Waals surface area contributed by atoms with Gasteiger partial charge in [-0.3, -0.25) is 28.7 Å². The molecule has 1 fully saturated rings. The Balaban J connectivity index is 0.677. The van der Waals surface area contributed by atoms with Gasteiger partial charge in [0.15, 0.2) is 17.2 Å². The van der Waals surface area contributed by atoms with Crippen molar-refractivity contribution in [2.45, 2.75) is 72.4 Å². The van der Waals surface area contributed by atoms with E-state index in [1.165, 1.54) is 11.2 Å². The van der Waals surface area contributed by atoms with Crippen LogP contribution in [0, 0.1) is 34.6 Å². The number of rotatable bonds is 26. The maximum absolute atomic E-state index is 13.9. The Hall–Kier alpha value is -6.99. The number of nitrogens with one attached hydrogen (secondary N) is 2. The van der Waals surface area contributed by atoms with E-state index in [-0.39, 0.29) is 48.1 Å². The van der Waals surface area contributed by atoms with E-state index >= 15 is 0 Å². The van der Waals surface area contributed by atoms with Crippen molar-refractivity contribution in [1.29, 1.82) is 0 Å². The molecule has 0 saturated carbocycles. The van der Waals surface area contributed by atoms with E-state index in [0.717, 1.165) is 62.8 Å². The predicted octanol–water partition coefficient (Wildman–Crippen LogP) is 5.95. The quantitative estimate of drug-likeness (QED) is 0.0420. The molecule has 432 valence electrons. The van der Waals surface area contributed by atoms with E-state index in [2.05, 4.69) is 49.5 Å². The number of nitrogens with two attached hydrogens (primary N) is 1. The van der Waals surface area contributed by atoms with Crippen molar-refractivity contribution in [3.63, 3.8) is 0 Å². The number of amides is 4. The lowest BCUT2D eigenvalue weighted by Gasteiger charge is -2.32. The monoisotopic (exact) mass is 1150 g/mol. The van der Waals surface area contributed by atoms with E-state index in [1.807, 2.05) is 68.8 Å². The minimum Gasteiger partial charge on any atom is -0.383 e. The van der Waals surface area contributed by atoms with Gasteiger partial charge in [-0.05, 0) is 95.0 Å². The van der Waals surface area contributed by atoms with Gasteiger partial charge in [-0.2, -0.15) is 5.10 Å². The van der Waals surface area contributed by atoms with Crippen molar-refractivity contribution in [2.24, 2.45) is 4.99 Å². The molecule has 6 heterocycles. The number of anilines is 2. The summed E-state index contributed by atoms with van der Waals surface area (Å²) in [7, 11) is 5.40. The molecule has 0 spiro atoms. The number of hydrogen-bond donors (Lipinski definition) is 3. The van der Waals surface area contributed by atoms with E-state index in [1.54, 1.807) is 52.1 Å². The van der Waals surface area contributed by atoms with Gasteiger partial charge in [0.25, 0.3) is 5.91 Å². The van der Waals surface area contributed by atoms with Crippen molar-refractivity contribution < 1.29 is 38.1 Å². The number of nitrogen functional groups attached to an aromatic ring is 1. The van der Waals surface area contributed by atoms with Gasteiger partial charge in [-0.25, -0.2) is 14.6 Å². The summed E-state index contributed by atoms with van der Waals surface area (Å²) in [6.45, 7) is 15.7. The van der Waals surface area contributed by atoms with Crippen LogP contribution >= 0.6 is 22.9 Å². The molecule has 81 heavy (non-hydrogen) atoms. The zero-order chi connectivity index (χ0) is 57.7. The third-order valence-corrected chi connectivity index (χ3v) is 15.9. The number of fused-ring (bicyclic) bond motifs is 4. The summed E-state index contributed by atoms with van der Waals surface area (Å²) < 4.78 is 26.5. The number of aromatic nitrogens is 7. The van der Waals surface area contributed by atoms with Crippen molar-refractivity contribution in [3.05, 3.63) is 116 Å². The van der Waals surface area contributed by atoms with Gasteiger partial charge in [0.05, 0.1) is 82.8 Å². The second-order valence-electron chi connectivity index (χ2n) is 20.3. The van der Waals surface area contributed by atoms with Crippen LogP contribution in [0.2, 0.25) is 5.02 Å².